The Bertz CT molecular complexity index is 277. The number of alkyl halides is 2. The number of hydrogen-bond donors (Lipinski definition) is 2. The summed E-state index contributed by atoms with van der Waals surface area (Å²) >= 11 is 0.103. The summed E-state index contributed by atoms with van der Waals surface area (Å²) < 4.78 is 1.43. The van der Waals surface area contributed by atoms with E-state index in [0.29, 0.717) is 9.84 Å². The van der Waals surface area contributed by atoms with Gasteiger partial charge in [0, 0.05) is 0 Å². The second-order valence-corrected chi connectivity index (χ2v) is 9.11. The van der Waals surface area contributed by atoms with Gasteiger partial charge in [-0.15, -0.1) is 0 Å². The maximum atomic E-state index is 11.6. The SMILES string of the molecule is CNC1(C(=O)O)C2CC3CC(C2)[I-]C1C3. The minimum absolute atomic E-state index is 0.103. The first-order chi connectivity index (χ1) is 7.16. The Morgan fingerprint density at radius 3 is 2.73 bits per heavy atom. The third-order valence-corrected chi connectivity index (χ3v) is 8.92. The van der Waals surface area contributed by atoms with Crippen LogP contribution in [0.1, 0.15) is 25.7 Å². The van der Waals surface area contributed by atoms with E-state index in [1.807, 2.05) is 7.05 Å². The summed E-state index contributed by atoms with van der Waals surface area (Å²) in [7, 11) is 1.85. The Labute approximate surface area is 100 Å². The summed E-state index contributed by atoms with van der Waals surface area (Å²) in [4.78, 5) is 11.6. The van der Waals surface area contributed by atoms with Crippen molar-refractivity contribution in [3.05, 3.63) is 0 Å². The molecule has 0 aromatic carbocycles. The van der Waals surface area contributed by atoms with E-state index in [1.54, 1.807) is 0 Å². The van der Waals surface area contributed by atoms with Crippen molar-refractivity contribution in [2.24, 2.45) is 11.8 Å². The number of carboxylic acid groups (broad SMARTS) is 1. The zero-order chi connectivity index (χ0) is 10.6. The molecule has 2 saturated carbocycles. The van der Waals surface area contributed by atoms with Crippen LogP contribution in [0.15, 0.2) is 0 Å². The van der Waals surface area contributed by atoms with Crippen LogP contribution >= 0.6 is 0 Å². The van der Waals surface area contributed by atoms with Gasteiger partial charge in [-0.25, -0.2) is 0 Å². The van der Waals surface area contributed by atoms with Crippen molar-refractivity contribution in [2.75, 3.05) is 7.05 Å². The molecular weight excluding hydrogens is 305 g/mol. The van der Waals surface area contributed by atoms with E-state index in [1.165, 1.54) is 19.3 Å². The first-order valence-electron chi connectivity index (χ1n) is 5.71. The van der Waals surface area contributed by atoms with Crippen molar-refractivity contribution < 1.29 is 31.1 Å². The average molecular weight is 322 g/mol. The summed E-state index contributed by atoms with van der Waals surface area (Å²) in [6.07, 6.45) is 4.95. The third-order valence-electron chi connectivity index (χ3n) is 4.52. The predicted octanol–water partition coefficient (Wildman–Crippen LogP) is -2.31. The Morgan fingerprint density at radius 1 is 1.40 bits per heavy atom. The zero-order valence-corrected chi connectivity index (χ0v) is 11.0. The third kappa shape index (κ3) is 1.24. The van der Waals surface area contributed by atoms with Gasteiger partial charge in [0.15, 0.2) is 0 Å². The monoisotopic (exact) mass is 322 g/mol. The van der Waals surface area contributed by atoms with Crippen molar-refractivity contribution in [1.29, 1.82) is 0 Å². The second kappa shape index (κ2) is 3.32. The molecule has 0 spiro atoms. The minimum atomic E-state index is -0.585. The Balaban J connectivity index is 1.99. The first-order valence-corrected chi connectivity index (χ1v) is 8.20. The summed E-state index contributed by atoms with van der Waals surface area (Å²) in [6, 6.07) is 0. The number of rotatable bonds is 2. The van der Waals surface area contributed by atoms with Crippen molar-refractivity contribution in [3.8, 4) is 0 Å². The molecule has 0 aromatic heterocycles. The van der Waals surface area contributed by atoms with E-state index < -0.39 is 11.5 Å². The van der Waals surface area contributed by atoms with Gasteiger partial charge in [0.2, 0.25) is 0 Å². The van der Waals surface area contributed by atoms with E-state index in [0.717, 1.165) is 16.3 Å². The Morgan fingerprint density at radius 2 is 2.20 bits per heavy atom. The molecule has 0 aromatic rings. The van der Waals surface area contributed by atoms with Crippen LogP contribution in [0.5, 0.6) is 0 Å². The molecule has 2 heterocycles. The van der Waals surface area contributed by atoms with Gasteiger partial charge >= 0.3 is 100 Å². The molecule has 4 bridgehead atoms. The van der Waals surface area contributed by atoms with Crippen molar-refractivity contribution in [1.82, 2.24) is 5.32 Å². The molecular formula is C11H17INO2-. The van der Waals surface area contributed by atoms with Gasteiger partial charge in [0.1, 0.15) is 0 Å². The van der Waals surface area contributed by atoms with Gasteiger partial charge < -0.3 is 0 Å². The fourth-order valence-electron chi connectivity index (χ4n) is 3.91. The molecule has 2 saturated heterocycles. The molecule has 5 atom stereocenters. The summed E-state index contributed by atoms with van der Waals surface area (Å²) in [6.45, 7) is 0. The second-order valence-electron chi connectivity index (χ2n) is 5.12. The molecule has 0 radical (unpaired) electrons. The average Bonchev–Trinajstić information content (AvgIpc) is 2.16. The van der Waals surface area contributed by atoms with Crippen molar-refractivity contribution in [2.45, 2.75) is 39.1 Å². The number of carboxylic acids is 1. The molecule has 4 rings (SSSR count). The van der Waals surface area contributed by atoms with Crippen LogP contribution in [0.3, 0.4) is 0 Å². The van der Waals surface area contributed by atoms with Gasteiger partial charge in [-0.05, 0) is 0 Å². The number of nitrogens with one attached hydrogen (secondary N) is 1. The molecule has 4 fully saturated rings. The summed E-state index contributed by atoms with van der Waals surface area (Å²) in [5, 5.41) is 12.7. The van der Waals surface area contributed by atoms with Crippen LogP contribution in [0.4, 0.5) is 0 Å². The predicted molar refractivity (Wildman–Crippen MR) is 52.5 cm³/mol. The quantitative estimate of drug-likeness (QED) is 0.444. The van der Waals surface area contributed by atoms with E-state index >= 15 is 0 Å². The molecule has 5 unspecified atom stereocenters. The Hall–Kier alpha value is 0.160. The van der Waals surface area contributed by atoms with Gasteiger partial charge in [-0.2, -0.15) is 0 Å². The van der Waals surface area contributed by atoms with Crippen LogP contribution < -0.4 is 26.5 Å². The van der Waals surface area contributed by atoms with Gasteiger partial charge in [0.05, 0.1) is 0 Å². The number of hydrogen-bond acceptors (Lipinski definition) is 2. The summed E-state index contributed by atoms with van der Waals surface area (Å²) in [5.74, 6) is 0.683. The summed E-state index contributed by atoms with van der Waals surface area (Å²) in [5.41, 5.74) is -0.541. The molecule has 3 nitrogen and oxygen atoms in total. The van der Waals surface area contributed by atoms with Crippen LogP contribution in [0.2, 0.25) is 0 Å². The van der Waals surface area contributed by atoms with Gasteiger partial charge in [-0.1, -0.05) is 0 Å². The molecule has 86 valence electrons. The number of aliphatic carboxylic acids is 1. The van der Waals surface area contributed by atoms with Gasteiger partial charge in [0.25, 0.3) is 0 Å². The first kappa shape index (κ1) is 10.3. The Kier molecular flexibility index (Phi) is 2.29. The van der Waals surface area contributed by atoms with Crippen LogP contribution in [0, 0.1) is 11.8 Å². The van der Waals surface area contributed by atoms with E-state index in [-0.39, 0.29) is 21.2 Å². The standard InChI is InChI=1S/C11H17INO2/c1-13-11(10(14)15)7-2-6-3-8(5-7)12-9(11)4-6/h6-9,13H,2-5H2,1H3,(H,14,15)/q-1. The van der Waals surface area contributed by atoms with Crippen LogP contribution in [0.25, 0.3) is 0 Å². The topological polar surface area (TPSA) is 49.3 Å². The van der Waals surface area contributed by atoms with Crippen molar-refractivity contribution >= 4 is 5.97 Å². The fourth-order valence-corrected chi connectivity index (χ4v) is 9.72. The molecule has 2 aliphatic heterocycles. The molecule has 0 amide bonds. The molecule has 4 heteroatoms. The van der Waals surface area contributed by atoms with Gasteiger partial charge in [-0.3, -0.25) is 0 Å². The normalized spacial score (nSPS) is 52.6. The molecule has 15 heavy (non-hydrogen) atoms. The van der Waals surface area contributed by atoms with Crippen molar-refractivity contribution in [3.63, 3.8) is 0 Å². The molecule has 4 aliphatic rings. The molecule has 2 aliphatic carbocycles. The van der Waals surface area contributed by atoms with Crippen LogP contribution in [-0.4, -0.2) is 31.5 Å². The van der Waals surface area contributed by atoms with E-state index in [9.17, 15) is 9.90 Å². The number of carbonyl (C=O) groups is 1. The zero-order valence-electron chi connectivity index (χ0n) is 8.87. The van der Waals surface area contributed by atoms with E-state index in [4.69, 9.17) is 0 Å². The van der Waals surface area contributed by atoms with E-state index in [2.05, 4.69) is 5.32 Å². The fraction of sp³-hybridized carbons (Fsp3) is 0.909. The molecule has 2 N–H and O–H groups in total. The maximum absolute atomic E-state index is 11.6. The number of halogens is 1. The number of likely N-dealkylation sites (N-methyl/N-ethyl adjacent to an activating group) is 1. The van der Waals surface area contributed by atoms with Crippen LogP contribution in [-0.2, 0) is 4.79 Å².